The van der Waals surface area contributed by atoms with Gasteiger partial charge in [0.05, 0.1) is 14.2 Å². The third-order valence-corrected chi connectivity index (χ3v) is 3.28. The fourth-order valence-electron chi connectivity index (χ4n) is 2.08. The third kappa shape index (κ3) is 3.49. The van der Waals surface area contributed by atoms with Crippen LogP contribution in [0.5, 0.6) is 23.0 Å². The topological polar surface area (TPSA) is 36.9 Å². The minimum atomic E-state index is -0.658. The Labute approximate surface area is 134 Å². The van der Waals surface area contributed by atoms with Crippen LogP contribution in [0.15, 0.2) is 24.3 Å². The summed E-state index contributed by atoms with van der Waals surface area (Å²) in [5, 5.41) is 0. The number of ether oxygens (including phenoxy) is 2. The van der Waals surface area contributed by atoms with Gasteiger partial charge < -0.3 is 18.8 Å². The molecule has 0 fully saturated rings. The highest BCUT2D eigenvalue weighted by Gasteiger charge is 2.17. The maximum atomic E-state index is 14.1. The first kappa shape index (κ1) is 16.9. The Balaban J connectivity index is 2.09. The molecule has 2 rings (SSSR count). The molecule has 0 aliphatic rings. The Morgan fingerprint density at radius 2 is 1.13 bits per heavy atom. The van der Waals surface area contributed by atoms with Crippen molar-refractivity contribution < 1.29 is 27.6 Å². The SMILES string of the molecule is COc1c(C)ccc(O[B]Oc2ccc(C)c(OC)c2F)c1F. The number of hydrogen-bond acceptors (Lipinski definition) is 4. The van der Waals surface area contributed by atoms with Gasteiger partial charge in [0, 0.05) is 0 Å². The van der Waals surface area contributed by atoms with Gasteiger partial charge in [-0.3, -0.25) is 0 Å². The maximum absolute atomic E-state index is 14.1. The molecule has 2 aromatic rings. The van der Waals surface area contributed by atoms with Crippen molar-refractivity contribution in [2.45, 2.75) is 13.8 Å². The number of benzene rings is 2. The van der Waals surface area contributed by atoms with Crippen LogP contribution in [0.3, 0.4) is 0 Å². The zero-order chi connectivity index (χ0) is 17.0. The van der Waals surface area contributed by atoms with Crippen LogP contribution >= 0.6 is 0 Å². The van der Waals surface area contributed by atoms with Crippen LogP contribution in [0, 0.1) is 25.5 Å². The number of methoxy groups -OCH3 is 2. The Morgan fingerprint density at radius 3 is 1.48 bits per heavy atom. The van der Waals surface area contributed by atoms with Crippen molar-refractivity contribution in [2.75, 3.05) is 14.2 Å². The Hall–Kier alpha value is -2.44. The molecule has 0 amide bonds. The predicted molar refractivity (Wildman–Crippen MR) is 82.4 cm³/mol. The van der Waals surface area contributed by atoms with Gasteiger partial charge in [-0.2, -0.15) is 8.78 Å². The lowest BCUT2D eigenvalue weighted by molar-refractivity contribution is 0.360. The first-order valence-electron chi connectivity index (χ1n) is 6.80. The van der Waals surface area contributed by atoms with E-state index in [1.165, 1.54) is 26.4 Å². The molecular formula is C16H16BF2O4. The second kappa shape index (κ2) is 7.22. The van der Waals surface area contributed by atoms with E-state index in [9.17, 15) is 8.78 Å². The molecule has 0 bridgehead atoms. The molecule has 121 valence electrons. The molecule has 2 aromatic carbocycles. The molecule has 0 aliphatic heterocycles. The molecule has 0 spiro atoms. The summed E-state index contributed by atoms with van der Waals surface area (Å²) in [7, 11) is 3.58. The number of aryl methyl sites for hydroxylation is 2. The predicted octanol–water partition coefficient (Wildman–Crippen LogP) is 3.59. The van der Waals surface area contributed by atoms with Crippen LogP contribution in [-0.4, -0.2) is 21.9 Å². The van der Waals surface area contributed by atoms with Gasteiger partial charge in [0.1, 0.15) is 11.5 Å². The minimum absolute atomic E-state index is 0.0825. The van der Waals surface area contributed by atoms with Crippen molar-refractivity contribution in [1.82, 2.24) is 0 Å². The van der Waals surface area contributed by atoms with E-state index in [1.54, 1.807) is 26.0 Å². The molecule has 23 heavy (non-hydrogen) atoms. The van der Waals surface area contributed by atoms with Crippen molar-refractivity contribution >= 4 is 7.69 Å². The normalized spacial score (nSPS) is 10.2. The van der Waals surface area contributed by atoms with Gasteiger partial charge >= 0.3 is 7.69 Å². The highest BCUT2D eigenvalue weighted by Crippen LogP contribution is 2.31. The second-order valence-corrected chi connectivity index (χ2v) is 4.79. The number of rotatable bonds is 6. The van der Waals surface area contributed by atoms with Gasteiger partial charge in [0.2, 0.25) is 11.6 Å². The molecule has 4 nitrogen and oxygen atoms in total. The van der Waals surface area contributed by atoms with Crippen LogP contribution in [0.25, 0.3) is 0 Å². The van der Waals surface area contributed by atoms with Crippen LogP contribution in [0.1, 0.15) is 11.1 Å². The summed E-state index contributed by atoms with van der Waals surface area (Å²) >= 11 is 0. The lowest BCUT2D eigenvalue weighted by atomic mass is 10.2. The highest BCUT2D eigenvalue weighted by atomic mass is 19.1. The second-order valence-electron chi connectivity index (χ2n) is 4.79. The lowest BCUT2D eigenvalue weighted by Gasteiger charge is -2.13. The minimum Gasteiger partial charge on any atom is -0.524 e. The van der Waals surface area contributed by atoms with Crippen molar-refractivity contribution in [1.29, 1.82) is 0 Å². The van der Waals surface area contributed by atoms with Crippen molar-refractivity contribution in [3.8, 4) is 23.0 Å². The van der Waals surface area contributed by atoms with Crippen LogP contribution in [0.2, 0.25) is 0 Å². The van der Waals surface area contributed by atoms with Gasteiger partial charge in [-0.1, -0.05) is 12.1 Å². The third-order valence-electron chi connectivity index (χ3n) is 3.28. The molecule has 0 unspecified atom stereocenters. The fraction of sp³-hybridized carbons (Fsp3) is 0.250. The van der Waals surface area contributed by atoms with Gasteiger partial charge in [-0.25, -0.2) is 0 Å². The molecule has 0 aromatic heterocycles. The van der Waals surface area contributed by atoms with Crippen molar-refractivity contribution in [2.24, 2.45) is 0 Å². The average Bonchev–Trinajstić information content (AvgIpc) is 2.52. The van der Waals surface area contributed by atoms with Crippen LogP contribution < -0.4 is 18.8 Å². The van der Waals surface area contributed by atoms with Gasteiger partial charge in [0.15, 0.2) is 11.5 Å². The van der Waals surface area contributed by atoms with E-state index < -0.39 is 11.6 Å². The van der Waals surface area contributed by atoms with Crippen molar-refractivity contribution in [3.63, 3.8) is 0 Å². The Kier molecular flexibility index (Phi) is 5.31. The highest BCUT2D eigenvalue weighted by molar-refractivity contribution is 6.20. The van der Waals surface area contributed by atoms with Crippen LogP contribution in [0.4, 0.5) is 8.78 Å². The first-order chi connectivity index (χ1) is 11.0. The van der Waals surface area contributed by atoms with E-state index in [2.05, 4.69) is 0 Å². The molecule has 0 N–H and O–H groups in total. The summed E-state index contributed by atoms with van der Waals surface area (Å²) in [6.07, 6.45) is 0. The molecule has 0 saturated heterocycles. The maximum Gasteiger partial charge on any atom is 0.658 e. The quantitative estimate of drug-likeness (QED) is 0.762. The molecule has 0 atom stereocenters. The average molecular weight is 321 g/mol. The molecule has 0 heterocycles. The van der Waals surface area contributed by atoms with Gasteiger partial charge in [0.25, 0.3) is 0 Å². The van der Waals surface area contributed by atoms with E-state index in [-0.39, 0.29) is 23.0 Å². The van der Waals surface area contributed by atoms with Gasteiger partial charge in [-0.15, -0.1) is 0 Å². The van der Waals surface area contributed by atoms with E-state index in [4.69, 9.17) is 18.8 Å². The van der Waals surface area contributed by atoms with E-state index in [0.717, 1.165) is 7.69 Å². The summed E-state index contributed by atoms with van der Waals surface area (Å²) in [5.74, 6) is -1.33. The Morgan fingerprint density at radius 1 is 0.739 bits per heavy atom. The molecule has 0 saturated carbocycles. The fourth-order valence-corrected chi connectivity index (χ4v) is 2.08. The van der Waals surface area contributed by atoms with Crippen molar-refractivity contribution in [3.05, 3.63) is 47.0 Å². The zero-order valence-corrected chi connectivity index (χ0v) is 13.3. The smallest absolute Gasteiger partial charge is 0.524 e. The zero-order valence-electron chi connectivity index (χ0n) is 13.3. The molecular weight excluding hydrogens is 305 g/mol. The Bertz CT molecular complexity index is 647. The van der Waals surface area contributed by atoms with E-state index >= 15 is 0 Å². The number of halogens is 2. The summed E-state index contributed by atoms with van der Waals surface area (Å²) in [4.78, 5) is 0. The summed E-state index contributed by atoms with van der Waals surface area (Å²) < 4.78 is 48.3. The van der Waals surface area contributed by atoms with Gasteiger partial charge in [-0.05, 0) is 37.1 Å². The summed E-state index contributed by atoms with van der Waals surface area (Å²) in [6, 6.07) is 6.14. The monoisotopic (exact) mass is 321 g/mol. The molecule has 0 aliphatic carbocycles. The molecule has 1 radical (unpaired) electrons. The van der Waals surface area contributed by atoms with Crippen LogP contribution in [-0.2, 0) is 0 Å². The molecule has 7 heteroatoms. The lowest BCUT2D eigenvalue weighted by Crippen LogP contribution is -2.13. The largest absolute Gasteiger partial charge is 0.658 e. The standard InChI is InChI=1S/C16H16BF2O4/c1-9-5-7-11(13(18)15(9)20-3)22-17-23-12-8-6-10(2)16(21-4)14(12)19/h5-8H,1-4H3. The van der Waals surface area contributed by atoms with E-state index in [0.29, 0.717) is 11.1 Å². The summed E-state index contributed by atoms with van der Waals surface area (Å²) in [5.41, 5.74) is 1.26. The number of hydrogen-bond donors (Lipinski definition) is 0. The summed E-state index contributed by atoms with van der Waals surface area (Å²) in [6.45, 7) is 3.42. The first-order valence-corrected chi connectivity index (χ1v) is 6.80. The van der Waals surface area contributed by atoms with E-state index in [1.807, 2.05) is 0 Å².